The van der Waals surface area contributed by atoms with Crippen LogP contribution in [0.2, 0.25) is 0 Å². The predicted molar refractivity (Wildman–Crippen MR) is 123 cm³/mol. The molecule has 1 aliphatic heterocycles. The third kappa shape index (κ3) is 4.42. The molecule has 3 aromatic rings. The second kappa shape index (κ2) is 9.51. The van der Waals surface area contributed by atoms with E-state index in [-0.39, 0.29) is 5.82 Å². The third-order valence-electron chi connectivity index (χ3n) is 4.90. The van der Waals surface area contributed by atoms with E-state index in [0.29, 0.717) is 47.7 Å². The molecule has 0 amide bonds. The number of benzene rings is 3. The van der Waals surface area contributed by atoms with E-state index < -0.39 is 0 Å². The maximum Gasteiger partial charge on any atom is 0.161 e. The van der Waals surface area contributed by atoms with Crippen molar-refractivity contribution in [1.82, 2.24) is 5.43 Å². The lowest BCUT2D eigenvalue weighted by Gasteiger charge is -2.14. The number of hydrazone groups is 1. The van der Waals surface area contributed by atoms with Gasteiger partial charge in [0.25, 0.3) is 0 Å². The van der Waals surface area contributed by atoms with E-state index in [1.165, 1.54) is 12.1 Å². The van der Waals surface area contributed by atoms with Crippen molar-refractivity contribution in [3.05, 3.63) is 83.2 Å². The van der Waals surface area contributed by atoms with Crippen molar-refractivity contribution >= 4 is 17.2 Å². The van der Waals surface area contributed by atoms with Gasteiger partial charge < -0.3 is 14.2 Å². The molecule has 0 fully saturated rings. The minimum Gasteiger partial charge on any atom is -0.497 e. The monoisotopic (exact) mass is 433 g/mol. The minimum atomic E-state index is -0.310. The molecule has 0 bridgehead atoms. The highest BCUT2D eigenvalue weighted by Gasteiger charge is 2.20. The van der Waals surface area contributed by atoms with E-state index >= 15 is 0 Å². The van der Waals surface area contributed by atoms with Crippen molar-refractivity contribution in [3.8, 4) is 17.2 Å². The first-order chi connectivity index (χ1) is 15.6. The average Bonchev–Trinajstić information content (AvgIpc) is 3.00. The number of nitrogens with zero attached hydrogens (tertiary/aromatic N) is 2. The van der Waals surface area contributed by atoms with E-state index in [4.69, 9.17) is 19.2 Å². The Morgan fingerprint density at radius 3 is 2.28 bits per heavy atom. The molecule has 0 saturated heterocycles. The lowest BCUT2D eigenvalue weighted by atomic mass is 10.00. The molecule has 1 aliphatic rings. The summed E-state index contributed by atoms with van der Waals surface area (Å²) < 4.78 is 30.3. The molecule has 0 unspecified atom stereocenters. The number of fused-ring (bicyclic) bond motifs is 1. The fraction of sp³-hybridized carbons (Fsp3) is 0.200. The van der Waals surface area contributed by atoms with Gasteiger partial charge in [0.2, 0.25) is 0 Å². The second-order valence-corrected chi connectivity index (χ2v) is 6.95. The smallest absolute Gasteiger partial charge is 0.161 e. The largest absolute Gasteiger partial charge is 0.497 e. The van der Waals surface area contributed by atoms with E-state index in [1.54, 1.807) is 19.2 Å². The summed E-state index contributed by atoms with van der Waals surface area (Å²) in [6, 6.07) is 17.4. The Morgan fingerprint density at radius 2 is 1.56 bits per heavy atom. The Kier molecular flexibility index (Phi) is 6.35. The number of aliphatic imine (C=N–C) groups is 1. The zero-order valence-electron chi connectivity index (χ0n) is 18.2. The fourth-order valence-corrected chi connectivity index (χ4v) is 3.40. The Bertz CT molecular complexity index is 1170. The number of ether oxygens (including phenoxy) is 3. The normalized spacial score (nSPS) is 12.6. The number of methoxy groups -OCH3 is 1. The van der Waals surface area contributed by atoms with E-state index in [1.807, 2.05) is 50.2 Å². The summed E-state index contributed by atoms with van der Waals surface area (Å²) >= 11 is 0. The molecule has 0 atom stereocenters. The highest BCUT2D eigenvalue weighted by Crippen LogP contribution is 2.33. The van der Waals surface area contributed by atoms with Gasteiger partial charge in [0.05, 0.1) is 26.0 Å². The molecule has 6 nitrogen and oxygen atoms in total. The zero-order chi connectivity index (χ0) is 22.5. The first-order valence-electron chi connectivity index (χ1n) is 10.4. The van der Waals surface area contributed by atoms with Gasteiger partial charge in [-0.2, -0.15) is 5.10 Å². The van der Waals surface area contributed by atoms with Crippen molar-refractivity contribution in [1.29, 1.82) is 0 Å². The molecule has 0 aromatic heterocycles. The first-order valence-corrected chi connectivity index (χ1v) is 10.4. The van der Waals surface area contributed by atoms with Crippen molar-refractivity contribution in [3.63, 3.8) is 0 Å². The second-order valence-electron chi connectivity index (χ2n) is 6.95. The van der Waals surface area contributed by atoms with Gasteiger partial charge in [0.1, 0.15) is 17.3 Å². The van der Waals surface area contributed by atoms with Gasteiger partial charge in [-0.3, -0.25) is 5.43 Å². The van der Waals surface area contributed by atoms with Gasteiger partial charge in [-0.25, -0.2) is 9.38 Å². The molecule has 1 heterocycles. The summed E-state index contributed by atoms with van der Waals surface area (Å²) in [6.45, 7) is 4.91. The Labute approximate surface area is 186 Å². The summed E-state index contributed by atoms with van der Waals surface area (Å²) in [5.74, 6) is 2.21. The summed E-state index contributed by atoms with van der Waals surface area (Å²) in [7, 11) is 1.62. The van der Waals surface area contributed by atoms with Crippen LogP contribution >= 0.6 is 0 Å². The van der Waals surface area contributed by atoms with E-state index in [0.717, 1.165) is 16.7 Å². The molecule has 164 valence electrons. The molecule has 7 heteroatoms. The topological polar surface area (TPSA) is 64.4 Å². The number of rotatable bonds is 7. The zero-order valence-corrected chi connectivity index (χ0v) is 18.2. The van der Waals surface area contributed by atoms with Crippen molar-refractivity contribution < 1.29 is 18.6 Å². The number of nitrogens with one attached hydrogen (secondary N) is 1. The van der Waals surface area contributed by atoms with Gasteiger partial charge in [-0.15, -0.1) is 0 Å². The van der Waals surface area contributed by atoms with Gasteiger partial charge in [0, 0.05) is 16.7 Å². The van der Waals surface area contributed by atoms with Crippen LogP contribution in [-0.2, 0) is 0 Å². The maximum absolute atomic E-state index is 13.4. The summed E-state index contributed by atoms with van der Waals surface area (Å²) in [5, 5.41) is 4.66. The fourth-order valence-electron chi connectivity index (χ4n) is 3.40. The molecule has 0 saturated carbocycles. The van der Waals surface area contributed by atoms with Crippen LogP contribution in [0.25, 0.3) is 0 Å². The van der Waals surface area contributed by atoms with Gasteiger partial charge >= 0.3 is 0 Å². The third-order valence-corrected chi connectivity index (χ3v) is 4.90. The first kappa shape index (κ1) is 21.4. The van der Waals surface area contributed by atoms with E-state index in [2.05, 4.69) is 10.5 Å². The highest BCUT2D eigenvalue weighted by molar-refractivity contribution is 6.18. The average molecular weight is 433 g/mol. The number of amidine groups is 1. The quantitative estimate of drug-likeness (QED) is 0.565. The van der Waals surface area contributed by atoms with Crippen LogP contribution in [-0.4, -0.2) is 31.9 Å². The maximum atomic E-state index is 13.4. The van der Waals surface area contributed by atoms with Gasteiger partial charge in [-0.05, 0) is 74.5 Å². The van der Waals surface area contributed by atoms with Crippen molar-refractivity contribution in [2.75, 3.05) is 20.3 Å². The summed E-state index contributed by atoms with van der Waals surface area (Å²) in [6.07, 6.45) is 0. The number of hydrogen-bond donors (Lipinski definition) is 1. The van der Waals surface area contributed by atoms with Gasteiger partial charge in [-0.1, -0.05) is 0 Å². The molecule has 4 rings (SSSR count). The molecular weight excluding hydrogens is 409 g/mol. The van der Waals surface area contributed by atoms with Crippen molar-refractivity contribution in [2.24, 2.45) is 10.1 Å². The lowest BCUT2D eigenvalue weighted by molar-refractivity contribution is 0.287. The Balaban J connectivity index is 1.83. The van der Waals surface area contributed by atoms with Crippen LogP contribution < -0.4 is 19.6 Å². The molecular formula is C25H24FN3O3. The van der Waals surface area contributed by atoms with Crippen LogP contribution in [0, 0.1) is 5.82 Å². The molecule has 0 radical (unpaired) electrons. The summed E-state index contributed by atoms with van der Waals surface area (Å²) in [5.41, 5.74) is 6.77. The van der Waals surface area contributed by atoms with Crippen LogP contribution in [0.1, 0.15) is 30.5 Å². The van der Waals surface area contributed by atoms with Gasteiger partial charge in [0.15, 0.2) is 17.3 Å². The lowest BCUT2D eigenvalue weighted by Crippen LogP contribution is -2.19. The Morgan fingerprint density at radius 1 is 0.844 bits per heavy atom. The highest BCUT2D eigenvalue weighted by atomic mass is 19.1. The molecule has 1 N–H and O–H groups in total. The summed E-state index contributed by atoms with van der Waals surface area (Å²) in [4.78, 5) is 4.75. The Hall–Kier alpha value is -3.87. The molecule has 32 heavy (non-hydrogen) atoms. The molecule has 0 spiro atoms. The molecule has 0 aliphatic carbocycles. The SMILES string of the molecule is CCOc1ccc(C2=NNC(c3ccc(F)cc3)=Nc3ccc(OC)cc32)cc1OCC. The van der Waals surface area contributed by atoms with E-state index in [9.17, 15) is 4.39 Å². The van der Waals surface area contributed by atoms with Crippen LogP contribution in [0.5, 0.6) is 17.2 Å². The van der Waals surface area contributed by atoms with Crippen LogP contribution in [0.4, 0.5) is 10.1 Å². The number of hydrogen-bond acceptors (Lipinski definition) is 6. The van der Waals surface area contributed by atoms with Crippen molar-refractivity contribution in [2.45, 2.75) is 13.8 Å². The predicted octanol–water partition coefficient (Wildman–Crippen LogP) is 5.07. The molecule has 3 aromatic carbocycles. The standard InChI is InChI=1S/C25H24FN3O3/c1-4-31-22-13-8-17(14-23(22)32-5-2)24-20-15-19(30-3)11-12-21(20)27-25(29-28-24)16-6-9-18(26)10-7-16/h6-15H,4-5H2,1-3H3,(H,27,29). The minimum absolute atomic E-state index is 0.310. The number of halogens is 1. The van der Waals surface area contributed by atoms with Crippen LogP contribution in [0.15, 0.2) is 70.8 Å². The van der Waals surface area contributed by atoms with Crippen LogP contribution in [0.3, 0.4) is 0 Å².